The molecule has 0 nitrogen and oxygen atoms in total. The van der Waals surface area contributed by atoms with Crippen molar-refractivity contribution in [3.05, 3.63) is 65.1 Å². The lowest BCUT2D eigenvalue weighted by Crippen LogP contribution is -2.16. The van der Waals surface area contributed by atoms with Gasteiger partial charge in [-0.1, -0.05) is 55.7 Å². The minimum Gasteiger partial charge on any atom is -0.207 e. The molecule has 0 atom stereocenters. The third-order valence-electron chi connectivity index (χ3n) is 3.36. The Morgan fingerprint density at radius 2 is 1.47 bits per heavy atom. The zero-order valence-electron chi connectivity index (χ0n) is 11.5. The van der Waals surface area contributed by atoms with Crippen molar-refractivity contribution in [2.75, 3.05) is 0 Å². The third-order valence-corrected chi connectivity index (χ3v) is 4.51. The van der Waals surface area contributed by atoms with Crippen LogP contribution < -0.4 is 0 Å². The molecule has 96 valence electrons. The molecule has 0 amide bonds. The largest absolute Gasteiger partial charge is 0.207 e. The molecule has 0 saturated carbocycles. The Balaban J connectivity index is 2.32. The average molecular weight is 268 g/mol. The van der Waals surface area contributed by atoms with Crippen LogP contribution in [0.25, 0.3) is 16.7 Å². The van der Waals surface area contributed by atoms with E-state index in [2.05, 4.69) is 43.5 Å². The van der Waals surface area contributed by atoms with E-state index in [0.29, 0.717) is 0 Å². The smallest absolute Gasteiger partial charge is 0.123 e. The van der Waals surface area contributed by atoms with Crippen LogP contribution in [-0.4, -0.2) is 8.07 Å². The van der Waals surface area contributed by atoms with Crippen molar-refractivity contribution in [1.29, 1.82) is 0 Å². The van der Waals surface area contributed by atoms with E-state index in [4.69, 9.17) is 0 Å². The Hall–Kier alpha value is -1.67. The first kappa shape index (κ1) is 12.4. The van der Waals surface area contributed by atoms with E-state index < -0.39 is 8.07 Å². The van der Waals surface area contributed by atoms with Gasteiger partial charge < -0.3 is 0 Å². The highest BCUT2D eigenvalue weighted by atomic mass is 28.3. The Kier molecular flexibility index (Phi) is 2.71. The maximum atomic E-state index is 13.5. The van der Waals surface area contributed by atoms with Gasteiger partial charge in [0.25, 0.3) is 0 Å². The highest BCUT2D eigenvalue weighted by Crippen LogP contribution is 2.44. The molecule has 0 heterocycles. The summed E-state index contributed by atoms with van der Waals surface area (Å²) < 4.78 is 13.5. The second-order valence-corrected chi connectivity index (χ2v) is 11.2. The summed E-state index contributed by atoms with van der Waals surface area (Å²) in [5.74, 6) is -0.164. The molecule has 0 saturated heterocycles. The van der Waals surface area contributed by atoms with E-state index in [0.717, 1.165) is 11.1 Å². The van der Waals surface area contributed by atoms with Crippen molar-refractivity contribution in [3.8, 4) is 11.1 Å². The molecule has 1 aliphatic carbocycles. The van der Waals surface area contributed by atoms with Crippen molar-refractivity contribution >= 4 is 13.6 Å². The van der Waals surface area contributed by atoms with Crippen LogP contribution in [0.4, 0.5) is 4.39 Å². The first-order chi connectivity index (χ1) is 8.96. The van der Waals surface area contributed by atoms with Gasteiger partial charge in [-0.05, 0) is 40.0 Å². The fourth-order valence-corrected chi connectivity index (χ4v) is 3.84. The van der Waals surface area contributed by atoms with E-state index in [1.165, 1.54) is 16.7 Å². The second kappa shape index (κ2) is 4.17. The SMILES string of the molecule is C[Si](C)(C)/C=C1/c2ccccc2-c2cc(F)ccc21. The quantitative estimate of drug-likeness (QED) is 0.538. The summed E-state index contributed by atoms with van der Waals surface area (Å²) in [6.45, 7) is 6.97. The number of benzene rings is 2. The van der Waals surface area contributed by atoms with Gasteiger partial charge in [-0.2, -0.15) is 0 Å². The van der Waals surface area contributed by atoms with Crippen molar-refractivity contribution in [3.63, 3.8) is 0 Å². The molecule has 19 heavy (non-hydrogen) atoms. The first-order valence-electron chi connectivity index (χ1n) is 6.58. The summed E-state index contributed by atoms with van der Waals surface area (Å²) in [5, 5.41) is 0. The standard InChI is InChI=1S/C17H17FSi/c1-19(2,3)11-17-14-7-5-4-6-13(14)16-10-12(18)8-9-15(16)17/h4-11H,1-3H3/b17-11-. The lowest BCUT2D eigenvalue weighted by Gasteiger charge is -2.13. The number of hydrogen-bond acceptors (Lipinski definition) is 0. The monoisotopic (exact) mass is 268 g/mol. The van der Waals surface area contributed by atoms with Gasteiger partial charge in [-0.3, -0.25) is 0 Å². The minimum atomic E-state index is -1.33. The average Bonchev–Trinajstić information content (AvgIpc) is 2.62. The predicted molar refractivity (Wildman–Crippen MR) is 82.3 cm³/mol. The fourth-order valence-electron chi connectivity index (χ4n) is 2.66. The van der Waals surface area contributed by atoms with Gasteiger partial charge in [0.05, 0.1) is 8.07 Å². The Labute approximate surface area is 114 Å². The third kappa shape index (κ3) is 2.17. The first-order valence-corrected chi connectivity index (χ1v) is 10.2. The van der Waals surface area contributed by atoms with E-state index in [-0.39, 0.29) is 5.82 Å². The zero-order valence-corrected chi connectivity index (χ0v) is 12.5. The Bertz CT molecular complexity index is 678. The van der Waals surface area contributed by atoms with E-state index >= 15 is 0 Å². The summed E-state index contributed by atoms with van der Waals surface area (Å²) in [4.78, 5) is 0. The van der Waals surface area contributed by atoms with Crippen LogP contribution in [0.1, 0.15) is 11.1 Å². The topological polar surface area (TPSA) is 0 Å². The second-order valence-electron chi connectivity index (χ2n) is 6.16. The van der Waals surface area contributed by atoms with Gasteiger partial charge >= 0.3 is 0 Å². The maximum Gasteiger partial charge on any atom is 0.123 e. The molecule has 3 rings (SSSR count). The molecule has 0 aliphatic heterocycles. The summed E-state index contributed by atoms with van der Waals surface area (Å²) >= 11 is 0. The molecule has 0 radical (unpaired) electrons. The van der Waals surface area contributed by atoms with Crippen LogP contribution in [-0.2, 0) is 0 Å². The van der Waals surface area contributed by atoms with Crippen molar-refractivity contribution < 1.29 is 4.39 Å². The predicted octanol–water partition coefficient (Wildman–Crippen LogP) is 5.12. The van der Waals surface area contributed by atoms with Crippen molar-refractivity contribution in [2.45, 2.75) is 19.6 Å². The van der Waals surface area contributed by atoms with Crippen LogP contribution in [0.5, 0.6) is 0 Å². The number of rotatable bonds is 1. The molecular weight excluding hydrogens is 251 g/mol. The summed E-state index contributed by atoms with van der Waals surface area (Å²) in [5.41, 5.74) is 8.29. The van der Waals surface area contributed by atoms with Gasteiger partial charge in [0, 0.05) is 0 Å². The van der Waals surface area contributed by atoms with Gasteiger partial charge in [0.1, 0.15) is 5.82 Å². The van der Waals surface area contributed by atoms with Gasteiger partial charge in [-0.25, -0.2) is 4.39 Å². The molecule has 1 aliphatic rings. The molecule has 0 aromatic heterocycles. The minimum absolute atomic E-state index is 0.164. The molecule has 0 spiro atoms. The highest BCUT2D eigenvalue weighted by molar-refractivity contribution is 6.82. The van der Waals surface area contributed by atoms with Crippen LogP contribution in [0.2, 0.25) is 19.6 Å². The van der Waals surface area contributed by atoms with Crippen LogP contribution in [0.3, 0.4) is 0 Å². The zero-order chi connectivity index (χ0) is 13.6. The molecule has 0 fully saturated rings. The van der Waals surface area contributed by atoms with Crippen LogP contribution >= 0.6 is 0 Å². The van der Waals surface area contributed by atoms with Gasteiger partial charge in [0.15, 0.2) is 0 Å². The van der Waals surface area contributed by atoms with Gasteiger partial charge in [0.2, 0.25) is 0 Å². The Morgan fingerprint density at radius 1 is 0.842 bits per heavy atom. The van der Waals surface area contributed by atoms with Crippen molar-refractivity contribution in [1.82, 2.24) is 0 Å². The molecule has 2 heteroatoms. The normalized spacial score (nSPS) is 15.5. The Morgan fingerprint density at radius 3 is 2.16 bits per heavy atom. The molecular formula is C17H17FSi. The van der Waals surface area contributed by atoms with Crippen molar-refractivity contribution in [2.24, 2.45) is 0 Å². The van der Waals surface area contributed by atoms with Crippen LogP contribution in [0, 0.1) is 5.82 Å². The summed E-state index contributed by atoms with van der Waals surface area (Å²) in [7, 11) is -1.33. The lowest BCUT2D eigenvalue weighted by molar-refractivity contribution is 0.628. The highest BCUT2D eigenvalue weighted by Gasteiger charge is 2.25. The fraction of sp³-hybridized carbons (Fsp3) is 0.176. The molecule has 0 bridgehead atoms. The molecule has 2 aromatic rings. The maximum absolute atomic E-state index is 13.5. The van der Waals surface area contributed by atoms with E-state index in [1.54, 1.807) is 12.1 Å². The number of fused-ring (bicyclic) bond motifs is 3. The van der Waals surface area contributed by atoms with E-state index in [9.17, 15) is 4.39 Å². The lowest BCUT2D eigenvalue weighted by atomic mass is 10.1. The molecule has 0 unspecified atom stereocenters. The van der Waals surface area contributed by atoms with Gasteiger partial charge in [-0.15, -0.1) is 0 Å². The summed E-state index contributed by atoms with van der Waals surface area (Å²) in [6, 6.07) is 13.4. The molecule has 0 N–H and O–H groups in total. The van der Waals surface area contributed by atoms with Crippen LogP contribution in [0.15, 0.2) is 48.2 Å². The molecule has 2 aromatic carbocycles. The number of hydrogen-bond donors (Lipinski definition) is 0. The number of halogens is 1. The summed E-state index contributed by atoms with van der Waals surface area (Å²) in [6.07, 6.45) is 0. The van der Waals surface area contributed by atoms with E-state index in [1.807, 2.05) is 12.1 Å².